The van der Waals surface area contributed by atoms with E-state index in [1.54, 1.807) is 30.3 Å². The molecule has 9 nitrogen and oxygen atoms in total. The predicted octanol–water partition coefficient (Wildman–Crippen LogP) is 5.25. The third-order valence-corrected chi connectivity index (χ3v) is 10.9. The topological polar surface area (TPSA) is 120 Å². The number of hydrogen-bond acceptors (Lipinski definition) is 6. The van der Waals surface area contributed by atoms with Crippen molar-refractivity contribution in [1.82, 2.24) is 19.3 Å². The van der Waals surface area contributed by atoms with E-state index in [0.717, 1.165) is 24.1 Å². The highest BCUT2D eigenvalue weighted by atomic mass is 35.5. The third kappa shape index (κ3) is 6.01. The van der Waals surface area contributed by atoms with Crippen molar-refractivity contribution in [2.45, 2.75) is 88.8 Å². The number of fused-ring (bicyclic) bond motifs is 1. The average Bonchev–Trinajstić information content (AvgIpc) is 3.32. The zero-order valence-corrected chi connectivity index (χ0v) is 25.4. The summed E-state index contributed by atoms with van der Waals surface area (Å²) in [5.41, 5.74) is 7.42. The minimum Gasteiger partial charge on any atom is -0.488 e. The minimum absolute atomic E-state index is 0.0721. The van der Waals surface area contributed by atoms with Crippen LogP contribution in [0.1, 0.15) is 81.7 Å². The maximum absolute atomic E-state index is 13.7. The molecule has 2 heterocycles. The fourth-order valence-electron chi connectivity index (χ4n) is 5.59. The van der Waals surface area contributed by atoms with Crippen LogP contribution in [0, 0.1) is 5.41 Å². The molecule has 1 aliphatic carbocycles. The summed E-state index contributed by atoms with van der Waals surface area (Å²) in [4.78, 5) is 12.8. The molecule has 0 radical (unpaired) electrons. The summed E-state index contributed by atoms with van der Waals surface area (Å²) in [5.74, 6) is -0.302. The van der Waals surface area contributed by atoms with Crippen LogP contribution in [0.2, 0.25) is 5.02 Å². The number of carbonyl (C=O) groups is 1. The predicted molar refractivity (Wildman–Crippen MR) is 157 cm³/mol. The van der Waals surface area contributed by atoms with Gasteiger partial charge in [-0.25, -0.2) is 13.1 Å². The van der Waals surface area contributed by atoms with E-state index in [2.05, 4.69) is 10.3 Å². The summed E-state index contributed by atoms with van der Waals surface area (Å²) in [7, 11) is -3.84. The number of rotatable bonds is 10. The molecule has 1 saturated carbocycles. The second kappa shape index (κ2) is 11.7. The number of nitrogens with two attached hydrogens (primary N) is 1. The van der Waals surface area contributed by atoms with Crippen molar-refractivity contribution in [2.24, 2.45) is 11.1 Å². The number of nitrogens with zero attached hydrogens (tertiary/aromatic N) is 4. The van der Waals surface area contributed by atoms with Crippen LogP contribution in [0.5, 0.6) is 5.75 Å². The highest BCUT2D eigenvalue weighted by molar-refractivity contribution is 7.89. The van der Waals surface area contributed by atoms with Crippen molar-refractivity contribution in [3.05, 3.63) is 70.5 Å². The summed E-state index contributed by atoms with van der Waals surface area (Å²) in [6, 6.07) is 12.7. The number of halogens is 1. The molecule has 1 aliphatic heterocycles. The van der Waals surface area contributed by atoms with Crippen molar-refractivity contribution in [2.75, 3.05) is 6.54 Å². The van der Waals surface area contributed by atoms with Crippen molar-refractivity contribution >= 4 is 27.5 Å². The number of carbonyl (C=O) groups excluding carboxylic acids is 1. The summed E-state index contributed by atoms with van der Waals surface area (Å²) in [6.07, 6.45) is 7.04. The van der Waals surface area contributed by atoms with Crippen molar-refractivity contribution in [3.63, 3.8) is 0 Å². The van der Waals surface area contributed by atoms with Crippen LogP contribution in [0.25, 0.3) is 0 Å². The smallest absolute Gasteiger partial charge is 0.247 e. The van der Waals surface area contributed by atoms with Gasteiger partial charge in [-0.1, -0.05) is 61.9 Å². The Balaban J connectivity index is 1.44. The first kappa shape index (κ1) is 29.5. The van der Waals surface area contributed by atoms with Crippen LogP contribution >= 0.6 is 11.6 Å². The van der Waals surface area contributed by atoms with Gasteiger partial charge in [0.05, 0.1) is 23.7 Å². The van der Waals surface area contributed by atoms with Gasteiger partial charge >= 0.3 is 0 Å². The largest absolute Gasteiger partial charge is 0.488 e. The van der Waals surface area contributed by atoms with Crippen LogP contribution in [0.3, 0.4) is 0 Å². The van der Waals surface area contributed by atoms with Crippen molar-refractivity contribution < 1.29 is 17.9 Å². The highest BCUT2D eigenvalue weighted by Crippen LogP contribution is 2.41. The van der Waals surface area contributed by atoms with Gasteiger partial charge in [0.1, 0.15) is 16.7 Å². The highest BCUT2D eigenvalue weighted by Gasteiger charge is 2.38. The van der Waals surface area contributed by atoms with E-state index < -0.39 is 21.3 Å². The Kier molecular flexibility index (Phi) is 8.46. The Morgan fingerprint density at radius 2 is 1.98 bits per heavy atom. The number of aromatic nitrogens is 3. The van der Waals surface area contributed by atoms with E-state index in [0.29, 0.717) is 41.6 Å². The Labute approximate surface area is 247 Å². The van der Waals surface area contributed by atoms with Crippen molar-refractivity contribution in [3.8, 4) is 5.75 Å². The molecule has 11 heteroatoms. The number of para-hydroxylation sites is 1. The maximum atomic E-state index is 13.7. The van der Waals surface area contributed by atoms with Gasteiger partial charge in [-0.05, 0) is 73.8 Å². The molecule has 220 valence electrons. The first-order valence-corrected chi connectivity index (χ1v) is 16.1. The van der Waals surface area contributed by atoms with Gasteiger partial charge in [-0.2, -0.15) is 4.31 Å². The molecule has 2 aromatic carbocycles. The zero-order valence-electron chi connectivity index (χ0n) is 23.8. The Morgan fingerprint density at radius 1 is 1.22 bits per heavy atom. The molecular formula is C30H38ClN5O4S. The number of primary amides is 1. The van der Waals surface area contributed by atoms with Gasteiger partial charge in [-0.15, -0.1) is 5.10 Å². The summed E-state index contributed by atoms with van der Waals surface area (Å²) in [5, 5.41) is 9.14. The number of benzene rings is 2. The van der Waals surface area contributed by atoms with Crippen LogP contribution in [0.4, 0.5) is 0 Å². The standard InChI is InChI=1S/C30H38ClN5O4S/c1-4-24-19-35(41(38,39)28-11-6-5-10-27(28)40-24)17-21-16-20(12-15-26(21)31)25(30(2,3)29(32)37)14-13-22-18-36(34-33-22)23-8-7-9-23/h5-6,10-12,15-16,18,23-25H,4,7-9,13-14,17,19H2,1-3H3,(H2,32,37)/t24-,25-/m1/s1. The van der Waals surface area contributed by atoms with Gasteiger partial charge in [0.15, 0.2) is 0 Å². The quantitative estimate of drug-likeness (QED) is 0.340. The molecule has 0 unspecified atom stereocenters. The van der Waals surface area contributed by atoms with E-state index in [9.17, 15) is 13.2 Å². The molecule has 2 N–H and O–H groups in total. The van der Waals surface area contributed by atoms with Gasteiger partial charge in [0.25, 0.3) is 0 Å². The number of hydrogen-bond donors (Lipinski definition) is 1. The molecule has 1 amide bonds. The van der Waals surface area contributed by atoms with E-state index in [1.807, 2.05) is 43.8 Å². The average molecular weight is 600 g/mol. The molecule has 1 fully saturated rings. The van der Waals surface area contributed by atoms with Crippen molar-refractivity contribution in [1.29, 1.82) is 0 Å². The molecule has 3 aromatic rings. The van der Waals surface area contributed by atoms with Gasteiger partial charge in [0.2, 0.25) is 15.9 Å². The molecule has 1 aromatic heterocycles. The first-order chi connectivity index (χ1) is 19.5. The molecule has 41 heavy (non-hydrogen) atoms. The minimum atomic E-state index is -3.84. The van der Waals surface area contributed by atoms with E-state index >= 15 is 0 Å². The SMILES string of the molecule is CC[C@@H]1CN(Cc2cc([C@@H](CCc3cn(C4CCC4)nn3)C(C)(C)C(N)=O)ccc2Cl)S(=O)(=O)c2ccccc2O1. The molecule has 0 bridgehead atoms. The second-order valence-corrected chi connectivity index (χ2v) is 14.0. The lowest BCUT2D eigenvalue weighted by molar-refractivity contribution is -0.127. The molecule has 5 rings (SSSR count). The monoisotopic (exact) mass is 599 g/mol. The van der Waals surface area contributed by atoms with Gasteiger partial charge in [0, 0.05) is 17.8 Å². The Hall–Kier alpha value is -2.95. The van der Waals surface area contributed by atoms with E-state index in [1.165, 1.54) is 10.7 Å². The fourth-order valence-corrected chi connectivity index (χ4v) is 7.34. The number of amides is 1. The summed E-state index contributed by atoms with van der Waals surface area (Å²) < 4.78 is 36.9. The second-order valence-electron chi connectivity index (χ2n) is 11.7. The zero-order chi connectivity index (χ0) is 29.4. The number of sulfonamides is 1. The summed E-state index contributed by atoms with van der Waals surface area (Å²) >= 11 is 6.66. The Morgan fingerprint density at radius 3 is 2.66 bits per heavy atom. The lowest BCUT2D eigenvalue weighted by Crippen LogP contribution is -2.38. The maximum Gasteiger partial charge on any atom is 0.247 e. The lowest BCUT2D eigenvalue weighted by atomic mass is 9.71. The normalized spacial score (nSPS) is 20.0. The first-order valence-electron chi connectivity index (χ1n) is 14.3. The van der Waals surface area contributed by atoms with Gasteiger partial charge in [-0.3, -0.25) is 4.79 Å². The molecule has 0 spiro atoms. The Bertz CT molecular complexity index is 1520. The van der Waals surface area contributed by atoms with Crippen LogP contribution in [-0.2, 0) is 27.8 Å². The number of aryl methyl sites for hydroxylation is 1. The summed E-state index contributed by atoms with van der Waals surface area (Å²) in [6.45, 7) is 5.93. The van der Waals surface area contributed by atoms with Crippen LogP contribution < -0.4 is 10.5 Å². The third-order valence-electron chi connectivity index (χ3n) is 8.64. The molecule has 2 atom stereocenters. The van der Waals surface area contributed by atoms with Crippen LogP contribution in [-0.4, -0.2) is 46.3 Å². The molecule has 2 aliphatic rings. The van der Waals surface area contributed by atoms with Gasteiger partial charge < -0.3 is 10.5 Å². The number of ether oxygens (including phenoxy) is 1. The fraction of sp³-hybridized carbons (Fsp3) is 0.500. The lowest BCUT2D eigenvalue weighted by Gasteiger charge is -2.32. The van der Waals surface area contributed by atoms with E-state index in [-0.39, 0.29) is 30.0 Å². The molecule has 0 saturated heterocycles. The van der Waals surface area contributed by atoms with Crippen LogP contribution in [0.15, 0.2) is 53.6 Å². The van der Waals surface area contributed by atoms with E-state index in [4.69, 9.17) is 22.1 Å². The molecular weight excluding hydrogens is 562 g/mol.